The Morgan fingerprint density at radius 2 is 1.67 bits per heavy atom. The molecule has 0 amide bonds. The Hall–Kier alpha value is -1.84. The molecule has 0 unspecified atom stereocenters. The Kier molecular flexibility index (Phi) is 8.36. The number of rotatable bonds is 12. The van der Waals surface area contributed by atoms with Crippen LogP contribution in [0.4, 0.5) is 0 Å². The second-order valence-electron chi connectivity index (χ2n) is 6.45. The second kappa shape index (κ2) is 10.8. The van der Waals surface area contributed by atoms with Crippen molar-refractivity contribution in [2.45, 2.75) is 71.1 Å². The standard InChI is InChI=1S/C20H30N2O2/c1-2-3-4-5-6-7-8-9-10-11-14-24-20(23)17-12-13-18-19(15-17)22-16-21-18/h12-13,15-16H,2-11,14H2,1H3,(H,21,22). The van der Waals surface area contributed by atoms with Crippen LogP contribution in [0.5, 0.6) is 0 Å². The van der Waals surface area contributed by atoms with Crippen molar-refractivity contribution in [1.82, 2.24) is 9.97 Å². The van der Waals surface area contributed by atoms with Gasteiger partial charge < -0.3 is 9.72 Å². The Bertz CT molecular complexity index is 606. The van der Waals surface area contributed by atoms with Crippen LogP contribution >= 0.6 is 0 Å². The fraction of sp³-hybridized carbons (Fsp3) is 0.600. The van der Waals surface area contributed by atoms with E-state index >= 15 is 0 Å². The minimum absolute atomic E-state index is 0.248. The van der Waals surface area contributed by atoms with Crippen LogP contribution in [0.3, 0.4) is 0 Å². The van der Waals surface area contributed by atoms with Gasteiger partial charge in [-0.05, 0) is 24.6 Å². The van der Waals surface area contributed by atoms with Crippen molar-refractivity contribution in [2.24, 2.45) is 0 Å². The molecule has 0 saturated heterocycles. The summed E-state index contributed by atoms with van der Waals surface area (Å²) in [6.45, 7) is 2.76. The summed E-state index contributed by atoms with van der Waals surface area (Å²) in [4.78, 5) is 19.2. The second-order valence-corrected chi connectivity index (χ2v) is 6.45. The van der Waals surface area contributed by atoms with Crippen LogP contribution in [0, 0.1) is 0 Å². The topological polar surface area (TPSA) is 55.0 Å². The van der Waals surface area contributed by atoms with Gasteiger partial charge in [0.15, 0.2) is 0 Å². The van der Waals surface area contributed by atoms with Crippen LogP contribution in [-0.4, -0.2) is 22.5 Å². The zero-order valence-electron chi connectivity index (χ0n) is 14.9. The number of fused-ring (bicyclic) bond motifs is 1. The summed E-state index contributed by atoms with van der Waals surface area (Å²) in [5, 5.41) is 0. The zero-order chi connectivity index (χ0) is 17.0. The van der Waals surface area contributed by atoms with Crippen molar-refractivity contribution in [2.75, 3.05) is 6.61 Å². The van der Waals surface area contributed by atoms with Gasteiger partial charge in [-0.2, -0.15) is 0 Å². The molecule has 0 spiro atoms. The number of nitrogens with one attached hydrogen (secondary N) is 1. The summed E-state index contributed by atoms with van der Waals surface area (Å²) in [5.74, 6) is -0.248. The third-order valence-electron chi connectivity index (χ3n) is 4.39. The van der Waals surface area contributed by atoms with Crippen molar-refractivity contribution in [3.05, 3.63) is 30.1 Å². The molecular formula is C20H30N2O2. The number of esters is 1. The lowest BCUT2D eigenvalue weighted by Crippen LogP contribution is -2.06. The largest absolute Gasteiger partial charge is 0.462 e. The molecule has 0 fully saturated rings. The van der Waals surface area contributed by atoms with E-state index in [9.17, 15) is 4.79 Å². The highest BCUT2D eigenvalue weighted by Gasteiger charge is 2.08. The summed E-state index contributed by atoms with van der Waals surface area (Å²) >= 11 is 0. The van der Waals surface area contributed by atoms with E-state index in [1.165, 1.54) is 51.4 Å². The van der Waals surface area contributed by atoms with Crippen molar-refractivity contribution in [3.8, 4) is 0 Å². The number of carbonyl (C=O) groups is 1. The third kappa shape index (κ3) is 6.34. The number of nitrogens with zero attached hydrogens (tertiary/aromatic N) is 1. The first-order valence-electron chi connectivity index (χ1n) is 9.41. The molecule has 24 heavy (non-hydrogen) atoms. The first-order chi connectivity index (χ1) is 11.8. The molecule has 2 rings (SSSR count). The molecule has 2 aromatic rings. The van der Waals surface area contributed by atoms with Gasteiger partial charge in [-0.25, -0.2) is 9.78 Å². The maximum absolute atomic E-state index is 12.0. The predicted molar refractivity (Wildman–Crippen MR) is 98.2 cm³/mol. The molecule has 0 aliphatic carbocycles. The number of hydrogen-bond donors (Lipinski definition) is 1. The van der Waals surface area contributed by atoms with Crippen LogP contribution in [0.2, 0.25) is 0 Å². The van der Waals surface area contributed by atoms with Gasteiger partial charge in [0.05, 0.1) is 29.5 Å². The molecule has 1 aromatic heterocycles. The van der Waals surface area contributed by atoms with Crippen molar-refractivity contribution >= 4 is 17.0 Å². The van der Waals surface area contributed by atoms with E-state index in [4.69, 9.17) is 4.74 Å². The highest BCUT2D eigenvalue weighted by Crippen LogP contribution is 2.13. The average Bonchev–Trinajstić information content (AvgIpc) is 3.07. The number of hydrogen-bond acceptors (Lipinski definition) is 3. The van der Waals surface area contributed by atoms with Crippen LogP contribution in [0.15, 0.2) is 24.5 Å². The van der Waals surface area contributed by atoms with Gasteiger partial charge in [-0.1, -0.05) is 64.7 Å². The molecular weight excluding hydrogens is 300 g/mol. The van der Waals surface area contributed by atoms with Crippen LogP contribution in [0.25, 0.3) is 11.0 Å². The van der Waals surface area contributed by atoms with E-state index in [2.05, 4.69) is 16.9 Å². The number of aromatic amines is 1. The van der Waals surface area contributed by atoms with Gasteiger partial charge in [0, 0.05) is 0 Å². The molecule has 1 N–H and O–H groups in total. The van der Waals surface area contributed by atoms with E-state index < -0.39 is 0 Å². The van der Waals surface area contributed by atoms with Gasteiger partial charge >= 0.3 is 5.97 Å². The lowest BCUT2D eigenvalue weighted by Gasteiger charge is -2.05. The fourth-order valence-corrected chi connectivity index (χ4v) is 2.90. The Morgan fingerprint density at radius 1 is 1.00 bits per heavy atom. The molecule has 0 aliphatic heterocycles. The first-order valence-corrected chi connectivity index (χ1v) is 9.41. The Labute approximate surface area is 145 Å². The van der Waals surface area contributed by atoms with Gasteiger partial charge in [0.2, 0.25) is 0 Å². The molecule has 4 heteroatoms. The van der Waals surface area contributed by atoms with Crippen LogP contribution in [-0.2, 0) is 4.74 Å². The van der Waals surface area contributed by atoms with Gasteiger partial charge in [-0.3, -0.25) is 0 Å². The molecule has 0 bridgehead atoms. The molecule has 1 aromatic carbocycles. The third-order valence-corrected chi connectivity index (χ3v) is 4.39. The zero-order valence-corrected chi connectivity index (χ0v) is 14.9. The number of H-pyrrole nitrogens is 1. The Morgan fingerprint density at radius 3 is 2.38 bits per heavy atom. The van der Waals surface area contributed by atoms with Crippen molar-refractivity contribution < 1.29 is 9.53 Å². The fourth-order valence-electron chi connectivity index (χ4n) is 2.90. The lowest BCUT2D eigenvalue weighted by molar-refractivity contribution is 0.0498. The summed E-state index contributed by atoms with van der Waals surface area (Å²) in [5.41, 5.74) is 2.31. The van der Waals surface area contributed by atoms with E-state index in [-0.39, 0.29) is 5.97 Å². The quantitative estimate of drug-likeness (QED) is 0.404. The summed E-state index contributed by atoms with van der Waals surface area (Å²) < 4.78 is 5.35. The van der Waals surface area contributed by atoms with Gasteiger partial charge in [-0.15, -0.1) is 0 Å². The monoisotopic (exact) mass is 330 g/mol. The number of unbranched alkanes of at least 4 members (excludes halogenated alkanes) is 9. The maximum atomic E-state index is 12.0. The number of benzene rings is 1. The number of imidazole rings is 1. The number of carbonyl (C=O) groups excluding carboxylic acids is 1. The first kappa shape index (κ1) is 18.5. The molecule has 0 aliphatic rings. The summed E-state index contributed by atoms with van der Waals surface area (Å²) in [7, 11) is 0. The smallest absolute Gasteiger partial charge is 0.338 e. The van der Waals surface area contributed by atoms with E-state index in [0.717, 1.165) is 23.9 Å². The van der Waals surface area contributed by atoms with Crippen molar-refractivity contribution in [3.63, 3.8) is 0 Å². The normalized spacial score (nSPS) is 11.0. The molecule has 0 saturated carbocycles. The molecule has 0 radical (unpaired) electrons. The minimum atomic E-state index is -0.248. The van der Waals surface area contributed by atoms with Crippen molar-refractivity contribution in [1.29, 1.82) is 0 Å². The SMILES string of the molecule is CCCCCCCCCCCCOC(=O)c1ccc2nc[nH]c2c1. The summed E-state index contributed by atoms with van der Waals surface area (Å²) in [6.07, 6.45) is 14.4. The van der Waals surface area contributed by atoms with Gasteiger partial charge in [0.1, 0.15) is 0 Å². The lowest BCUT2D eigenvalue weighted by atomic mass is 10.1. The Balaban J connectivity index is 1.50. The van der Waals surface area contributed by atoms with E-state index in [1.54, 1.807) is 18.5 Å². The van der Waals surface area contributed by atoms with Crippen LogP contribution < -0.4 is 0 Å². The summed E-state index contributed by atoms with van der Waals surface area (Å²) in [6, 6.07) is 5.40. The van der Waals surface area contributed by atoms with E-state index in [0.29, 0.717) is 12.2 Å². The minimum Gasteiger partial charge on any atom is -0.462 e. The highest BCUT2D eigenvalue weighted by molar-refractivity contribution is 5.93. The average molecular weight is 330 g/mol. The number of aromatic nitrogens is 2. The predicted octanol–water partition coefficient (Wildman–Crippen LogP) is 5.64. The molecule has 1 heterocycles. The van der Waals surface area contributed by atoms with Gasteiger partial charge in [0.25, 0.3) is 0 Å². The molecule has 132 valence electrons. The molecule has 0 atom stereocenters. The molecule has 4 nitrogen and oxygen atoms in total. The number of ether oxygens (including phenoxy) is 1. The highest BCUT2D eigenvalue weighted by atomic mass is 16.5. The van der Waals surface area contributed by atoms with E-state index in [1.807, 2.05) is 6.07 Å². The maximum Gasteiger partial charge on any atom is 0.338 e. The van der Waals surface area contributed by atoms with Crippen LogP contribution in [0.1, 0.15) is 81.5 Å².